The fourth-order valence-corrected chi connectivity index (χ4v) is 4.46. The number of aromatic nitrogens is 2. The van der Waals surface area contributed by atoms with Gasteiger partial charge in [-0.15, -0.1) is 0 Å². The number of nitrogens with zero attached hydrogens (tertiary/aromatic N) is 3. The Hall–Kier alpha value is -3.55. The first-order valence-electron chi connectivity index (χ1n) is 11.7. The molecule has 0 saturated heterocycles. The number of fused-ring (bicyclic) bond motifs is 1. The number of hydrogen-bond acceptors (Lipinski definition) is 7. The number of carbonyl (C=O) groups is 1. The molecule has 8 heteroatoms. The van der Waals surface area contributed by atoms with Gasteiger partial charge in [0, 0.05) is 37.6 Å². The number of methoxy groups -OCH3 is 2. The SMILES string of the molecule is COc1cc(CC(=O)N[C@H]2CC[C@@H](Nc3nc(N(C)C)c4ccccc4n3)CC2)cc(OC)c1. The van der Waals surface area contributed by atoms with Gasteiger partial charge in [0.25, 0.3) is 0 Å². The third-order valence-corrected chi connectivity index (χ3v) is 6.21. The maximum absolute atomic E-state index is 12.6. The second-order valence-electron chi connectivity index (χ2n) is 8.94. The largest absolute Gasteiger partial charge is 0.497 e. The molecule has 4 rings (SSSR count). The van der Waals surface area contributed by atoms with Gasteiger partial charge in [-0.1, -0.05) is 12.1 Å². The Labute approximate surface area is 200 Å². The number of ether oxygens (including phenoxy) is 2. The third-order valence-electron chi connectivity index (χ3n) is 6.21. The summed E-state index contributed by atoms with van der Waals surface area (Å²) in [6, 6.07) is 14.1. The predicted octanol–water partition coefficient (Wildman–Crippen LogP) is 3.80. The van der Waals surface area contributed by atoms with Crippen molar-refractivity contribution in [1.82, 2.24) is 15.3 Å². The minimum absolute atomic E-state index is 0.0141. The molecule has 1 aromatic heterocycles. The molecule has 0 bridgehead atoms. The van der Waals surface area contributed by atoms with Gasteiger partial charge in [0.2, 0.25) is 11.9 Å². The van der Waals surface area contributed by atoms with E-state index in [2.05, 4.69) is 10.6 Å². The maximum Gasteiger partial charge on any atom is 0.225 e. The van der Waals surface area contributed by atoms with Crippen LogP contribution in [0.3, 0.4) is 0 Å². The lowest BCUT2D eigenvalue weighted by atomic mass is 9.91. The molecule has 1 aliphatic carbocycles. The van der Waals surface area contributed by atoms with E-state index in [0.717, 1.165) is 48.0 Å². The molecular formula is C26H33N5O3. The molecule has 0 aliphatic heterocycles. The number of rotatable bonds is 8. The third kappa shape index (κ3) is 5.68. The van der Waals surface area contributed by atoms with Crippen LogP contribution >= 0.6 is 0 Å². The van der Waals surface area contributed by atoms with Gasteiger partial charge < -0.3 is 25.0 Å². The van der Waals surface area contributed by atoms with Gasteiger partial charge in [-0.25, -0.2) is 4.98 Å². The predicted molar refractivity (Wildman–Crippen MR) is 135 cm³/mol. The van der Waals surface area contributed by atoms with E-state index in [1.54, 1.807) is 20.3 Å². The van der Waals surface area contributed by atoms with Crippen molar-refractivity contribution in [2.24, 2.45) is 0 Å². The van der Waals surface area contributed by atoms with Gasteiger partial charge in [0.15, 0.2) is 0 Å². The van der Waals surface area contributed by atoms with E-state index in [0.29, 0.717) is 23.9 Å². The van der Waals surface area contributed by atoms with Crippen molar-refractivity contribution in [1.29, 1.82) is 0 Å². The van der Waals surface area contributed by atoms with E-state index >= 15 is 0 Å². The highest BCUT2D eigenvalue weighted by atomic mass is 16.5. The fraction of sp³-hybridized carbons (Fsp3) is 0.423. The highest BCUT2D eigenvalue weighted by molar-refractivity contribution is 5.90. The summed E-state index contributed by atoms with van der Waals surface area (Å²) in [6.45, 7) is 0. The molecule has 2 N–H and O–H groups in total. The molecule has 1 aliphatic rings. The Bertz CT molecular complexity index is 1120. The molecule has 180 valence electrons. The summed E-state index contributed by atoms with van der Waals surface area (Å²) in [5.74, 6) is 2.94. The first-order valence-corrected chi connectivity index (χ1v) is 11.7. The molecule has 34 heavy (non-hydrogen) atoms. The number of amides is 1. The number of hydrogen-bond donors (Lipinski definition) is 2. The molecule has 0 unspecified atom stereocenters. The summed E-state index contributed by atoms with van der Waals surface area (Å²) in [7, 11) is 7.20. The minimum atomic E-state index is 0.0141. The van der Waals surface area contributed by atoms with Crippen LogP contribution in [0.4, 0.5) is 11.8 Å². The van der Waals surface area contributed by atoms with Gasteiger partial charge >= 0.3 is 0 Å². The van der Waals surface area contributed by atoms with Crippen LogP contribution in [0.25, 0.3) is 10.9 Å². The smallest absolute Gasteiger partial charge is 0.225 e. The Kier molecular flexibility index (Phi) is 7.35. The fourth-order valence-electron chi connectivity index (χ4n) is 4.46. The monoisotopic (exact) mass is 463 g/mol. The van der Waals surface area contributed by atoms with E-state index in [-0.39, 0.29) is 18.0 Å². The zero-order valence-electron chi connectivity index (χ0n) is 20.3. The molecule has 3 aromatic rings. The first kappa shape index (κ1) is 23.6. The number of nitrogens with one attached hydrogen (secondary N) is 2. The molecule has 1 fully saturated rings. The van der Waals surface area contributed by atoms with Gasteiger partial charge in [-0.2, -0.15) is 4.98 Å². The Balaban J connectivity index is 1.32. The lowest BCUT2D eigenvalue weighted by Crippen LogP contribution is -2.40. The summed E-state index contributed by atoms with van der Waals surface area (Å²) in [6.07, 6.45) is 4.03. The van der Waals surface area contributed by atoms with E-state index in [4.69, 9.17) is 19.4 Å². The quantitative estimate of drug-likeness (QED) is 0.525. The highest BCUT2D eigenvalue weighted by Gasteiger charge is 2.23. The standard InChI is InChI=1S/C26H33N5O3/c1-31(2)25-22-7-5-6-8-23(22)29-26(30-25)28-19-11-9-18(10-12-19)27-24(32)15-17-13-20(33-3)16-21(14-17)34-4/h5-8,13-14,16,18-19H,9-12,15H2,1-4H3,(H,27,32)(H,28,29,30)/t18-,19+. The van der Waals surface area contributed by atoms with E-state index in [1.165, 1.54) is 0 Å². The van der Waals surface area contributed by atoms with Gasteiger partial charge in [-0.3, -0.25) is 4.79 Å². The first-order chi connectivity index (χ1) is 16.4. The molecular weight excluding hydrogens is 430 g/mol. The summed E-state index contributed by atoms with van der Waals surface area (Å²) >= 11 is 0. The Morgan fingerprint density at radius 1 is 0.971 bits per heavy atom. The number of anilines is 2. The number of benzene rings is 2. The molecule has 2 aromatic carbocycles. The molecule has 0 spiro atoms. The molecule has 8 nitrogen and oxygen atoms in total. The van der Waals surface area contributed by atoms with Crippen molar-refractivity contribution in [3.8, 4) is 11.5 Å². The summed E-state index contributed by atoms with van der Waals surface area (Å²) in [5, 5.41) is 7.75. The lowest BCUT2D eigenvalue weighted by molar-refractivity contribution is -0.121. The number of carbonyl (C=O) groups excluding carboxylic acids is 1. The van der Waals surface area contributed by atoms with E-state index < -0.39 is 0 Å². The maximum atomic E-state index is 12.6. The zero-order valence-corrected chi connectivity index (χ0v) is 20.3. The van der Waals surface area contributed by atoms with Crippen LogP contribution in [-0.4, -0.2) is 56.3 Å². The Morgan fingerprint density at radius 3 is 2.26 bits per heavy atom. The van der Waals surface area contributed by atoms with Crippen molar-refractivity contribution in [2.75, 3.05) is 38.5 Å². The van der Waals surface area contributed by atoms with Crippen LogP contribution in [0.15, 0.2) is 42.5 Å². The van der Waals surface area contributed by atoms with Crippen LogP contribution < -0.4 is 25.0 Å². The lowest BCUT2D eigenvalue weighted by Gasteiger charge is -2.30. The summed E-state index contributed by atoms with van der Waals surface area (Å²) < 4.78 is 10.6. The van der Waals surface area contributed by atoms with E-state index in [1.807, 2.05) is 55.4 Å². The average Bonchev–Trinajstić information content (AvgIpc) is 2.84. The Morgan fingerprint density at radius 2 is 1.62 bits per heavy atom. The van der Waals surface area contributed by atoms with Crippen molar-refractivity contribution < 1.29 is 14.3 Å². The van der Waals surface area contributed by atoms with Crippen LogP contribution in [0.1, 0.15) is 31.2 Å². The van der Waals surface area contributed by atoms with Gasteiger partial charge in [-0.05, 0) is 55.5 Å². The van der Waals surface area contributed by atoms with Crippen molar-refractivity contribution in [3.63, 3.8) is 0 Å². The van der Waals surface area contributed by atoms with Crippen molar-refractivity contribution >= 4 is 28.6 Å². The number of para-hydroxylation sites is 1. The molecule has 1 heterocycles. The van der Waals surface area contributed by atoms with Crippen molar-refractivity contribution in [2.45, 2.75) is 44.2 Å². The highest BCUT2D eigenvalue weighted by Crippen LogP contribution is 2.27. The molecule has 0 atom stereocenters. The second kappa shape index (κ2) is 10.6. The normalized spacial score (nSPS) is 17.8. The topological polar surface area (TPSA) is 88.6 Å². The zero-order chi connectivity index (χ0) is 24.1. The summed E-state index contributed by atoms with van der Waals surface area (Å²) in [4.78, 5) is 24.1. The summed E-state index contributed by atoms with van der Waals surface area (Å²) in [5.41, 5.74) is 1.80. The average molecular weight is 464 g/mol. The second-order valence-corrected chi connectivity index (χ2v) is 8.94. The van der Waals surface area contributed by atoms with E-state index in [9.17, 15) is 4.79 Å². The van der Waals surface area contributed by atoms with Crippen LogP contribution in [0.2, 0.25) is 0 Å². The van der Waals surface area contributed by atoms with Crippen LogP contribution in [0.5, 0.6) is 11.5 Å². The van der Waals surface area contributed by atoms with Gasteiger partial charge in [0.1, 0.15) is 17.3 Å². The van der Waals surface area contributed by atoms with Gasteiger partial charge in [0.05, 0.1) is 26.2 Å². The minimum Gasteiger partial charge on any atom is -0.497 e. The van der Waals surface area contributed by atoms with Crippen LogP contribution in [-0.2, 0) is 11.2 Å². The van der Waals surface area contributed by atoms with Crippen LogP contribution in [0, 0.1) is 0 Å². The molecule has 1 saturated carbocycles. The molecule has 1 amide bonds. The molecule has 0 radical (unpaired) electrons. The van der Waals surface area contributed by atoms with Crippen molar-refractivity contribution in [3.05, 3.63) is 48.0 Å².